The van der Waals surface area contributed by atoms with Gasteiger partial charge in [0.2, 0.25) is 5.89 Å². The topological polar surface area (TPSA) is 65.2 Å². The highest BCUT2D eigenvalue weighted by molar-refractivity contribution is 5.71. The number of rotatable bonds is 5. The zero-order valence-electron chi connectivity index (χ0n) is 13.9. The number of carbonyl (C=O) groups excluding carboxylic acids is 1. The summed E-state index contributed by atoms with van der Waals surface area (Å²) in [6.07, 6.45) is -0.0615. The second kappa shape index (κ2) is 7.25. The van der Waals surface area contributed by atoms with Gasteiger partial charge in [-0.05, 0) is 24.1 Å². The number of benzene rings is 2. The lowest BCUT2D eigenvalue weighted by molar-refractivity contribution is -0.139. The van der Waals surface area contributed by atoms with Gasteiger partial charge < -0.3 is 9.26 Å². The summed E-state index contributed by atoms with van der Waals surface area (Å²) in [6, 6.07) is 14.4. The molecule has 2 aromatic carbocycles. The van der Waals surface area contributed by atoms with Crippen molar-refractivity contribution in [1.82, 2.24) is 10.1 Å². The normalized spacial score (nSPS) is 12.0. The van der Waals surface area contributed by atoms with Gasteiger partial charge in [0.05, 0.1) is 13.0 Å². The third kappa shape index (κ3) is 3.74. The molecule has 0 N–H and O–H groups in total. The van der Waals surface area contributed by atoms with Gasteiger partial charge in [-0.1, -0.05) is 47.6 Å². The molecule has 25 heavy (non-hydrogen) atoms. The van der Waals surface area contributed by atoms with Crippen molar-refractivity contribution in [2.45, 2.75) is 19.3 Å². The zero-order chi connectivity index (χ0) is 17.8. The largest absolute Gasteiger partial charge is 0.469 e. The minimum absolute atomic E-state index is 0.0615. The van der Waals surface area contributed by atoms with Crippen LogP contribution < -0.4 is 0 Å². The molecule has 0 saturated carbocycles. The molecule has 0 amide bonds. The maximum absolute atomic E-state index is 14.5. The van der Waals surface area contributed by atoms with Crippen LogP contribution in [-0.4, -0.2) is 23.2 Å². The van der Waals surface area contributed by atoms with Gasteiger partial charge in [0.25, 0.3) is 0 Å². The van der Waals surface area contributed by atoms with E-state index in [0.29, 0.717) is 17.0 Å². The molecular weight excluding hydrogens is 323 g/mol. The second-order valence-corrected chi connectivity index (χ2v) is 5.63. The first-order valence-electron chi connectivity index (χ1n) is 7.82. The number of esters is 1. The molecule has 0 aliphatic carbocycles. The number of methoxy groups -OCH3 is 1. The number of carbonyl (C=O) groups is 1. The zero-order valence-corrected chi connectivity index (χ0v) is 13.9. The van der Waals surface area contributed by atoms with Crippen molar-refractivity contribution >= 4 is 5.97 Å². The SMILES string of the molecule is COC(=O)Cc1noc(C(C)c2ccc(-c3ccccc3)c(F)c2)n1. The lowest BCUT2D eigenvalue weighted by Gasteiger charge is -2.10. The van der Waals surface area contributed by atoms with Gasteiger partial charge in [-0.25, -0.2) is 4.39 Å². The fraction of sp³-hybridized carbons (Fsp3) is 0.211. The van der Waals surface area contributed by atoms with Crippen molar-refractivity contribution in [2.75, 3.05) is 7.11 Å². The summed E-state index contributed by atoms with van der Waals surface area (Å²) in [4.78, 5) is 15.4. The van der Waals surface area contributed by atoms with Gasteiger partial charge in [-0.2, -0.15) is 4.98 Å². The molecule has 6 heteroatoms. The highest BCUT2D eigenvalue weighted by Gasteiger charge is 2.19. The first-order valence-corrected chi connectivity index (χ1v) is 7.82. The quantitative estimate of drug-likeness (QED) is 0.662. The van der Waals surface area contributed by atoms with Gasteiger partial charge in [0.15, 0.2) is 5.82 Å². The summed E-state index contributed by atoms with van der Waals surface area (Å²) in [5.74, 6) is -0.484. The van der Waals surface area contributed by atoms with E-state index in [2.05, 4.69) is 14.9 Å². The van der Waals surface area contributed by atoms with E-state index in [1.807, 2.05) is 43.3 Å². The molecule has 3 rings (SSSR count). The molecule has 0 aliphatic heterocycles. The average molecular weight is 340 g/mol. The molecular formula is C19H17FN2O3. The molecule has 0 saturated heterocycles. The Hall–Kier alpha value is -3.02. The van der Waals surface area contributed by atoms with Gasteiger partial charge in [0.1, 0.15) is 12.2 Å². The summed E-state index contributed by atoms with van der Waals surface area (Å²) >= 11 is 0. The first kappa shape index (κ1) is 16.8. The van der Waals surface area contributed by atoms with Gasteiger partial charge >= 0.3 is 5.97 Å². The van der Waals surface area contributed by atoms with E-state index in [1.54, 1.807) is 6.07 Å². The number of aromatic nitrogens is 2. The minimum atomic E-state index is -0.446. The fourth-order valence-corrected chi connectivity index (χ4v) is 2.51. The predicted molar refractivity (Wildman–Crippen MR) is 89.4 cm³/mol. The Morgan fingerprint density at radius 2 is 2.00 bits per heavy atom. The van der Waals surface area contributed by atoms with Crippen LogP contribution in [-0.2, 0) is 16.0 Å². The lowest BCUT2D eigenvalue weighted by atomic mass is 9.97. The Morgan fingerprint density at radius 3 is 2.68 bits per heavy atom. The Morgan fingerprint density at radius 1 is 1.24 bits per heavy atom. The van der Waals surface area contributed by atoms with Crippen molar-refractivity contribution < 1.29 is 18.4 Å². The average Bonchev–Trinajstić information content (AvgIpc) is 3.10. The Balaban J connectivity index is 1.82. The smallest absolute Gasteiger partial charge is 0.313 e. The molecule has 1 heterocycles. The molecule has 3 aromatic rings. The highest BCUT2D eigenvalue weighted by atomic mass is 19.1. The number of halogens is 1. The number of hydrogen-bond donors (Lipinski definition) is 0. The summed E-state index contributed by atoms with van der Waals surface area (Å²) in [6.45, 7) is 1.84. The standard InChI is InChI=1S/C19H17FN2O3/c1-12(19-21-17(22-25-19)11-18(23)24-2)14-8-9-15(16(20)10-14)13-6-4-3-5-7-13/h3-10,12H,11H2,1-2H3. The summed E-state index contributed by atoms with van der Waals surface area (Å²) in [5.41, 5.74) is 2.07. The van der Waals surface area contributed by atoms with Crippen molar-refractivity contribution in [2.24, 2.45) is 0 Å². The Bertz CT molecular complexity index is 877. The Kier molecular flexibility index (Phi) is 4.88. The molecule has 128 valence electrons. The van der Waals surface area contributed by atoms with Crippen molar-refractivity contribution in [3.8, 4) is 11.1 Å². The van der Waals surface area contributed by atoms with Crippen molar-refractivity contribution in [3.05, 3.63) is 71.6 Å². The van der Waals surface area contributed by atoms with Crippen LogP contribution >= 0.6 is 0 Å². The van der Waals surface area contributed by atoms with Crippen molar-refractivity contribution in [1.29, 1.82) is 0 Å². The van der Waals surface area contributed by atoms with Crippen LogP contribution in [0, 0.1) is 5.82 Å². The van der Waals surface area contributed by atoms with Gasteiger partial charge in [-0.15, -0.1) is 0 Å². The number of hydrogen-bond acceptors (Lipinski definition) is 5. The van der Waals surface area contributed by atoms with Crippen LogP contribution in [0.1, 0.15) is 30.1 Å². The van der Waals surface area contributed by atoms with Gasteiger partial charge in [-0.3, -0.25) is 4.79 Å². The molecule has 1 aromatic heterocycles. The third-order valence-corrected chi connectivity index (χ3v) is 3.96. The minimum Gasteiger partial charge on any atom is -0.469 e. The van der Waals surface area contributed by atoms with Crippen LogP contribution in [0.5, 0.6) is 0 Å². The first-order chi connectivity index (χ1) is 12.1. The van der Waals surface area contributed by atoms with Gasteiger partial charge in [0, 0.05) is 5.56 Å². The van der Waals surface area contributed by atoms with Crippen LogP contribution in [0.25, 0.3) is 11.1 Å². The molecule has 1 unspecified atom stereocenters. The van der Waals surface area contributed by atoms with Crippen molar-refractivity contribution in [3.63, 3.8) is 0 Å². The van der Waals surface area contributed by atoms with E-state index >= 15 is 0 Å². The second-order valence-electron chi connectivity index (χ2n) is 5.63. The van der Waals surface area contributed by atoms with Crippen LogP contribution in [0.15, 0.2) is 53.1 Å². The van der Waals surface area contributed by atoms with E-state index in [1.165, 1.54) is 13.2 Å². The third-order valence-electron chi connectivity index (χ3n) is 3.96. The fourth-order valence-electron chi connectivity index (χ4n) is 2.51. The molecule has 5 nitrogen and oxygen atoms in total. The van der Waals surface area contributed by atoms with E-state index in [4.69, 9.17) is 4.52 Å². The highest BCUT2D eigenvalue weighted by Crippen LogP contribution is 2.28. The Labute approximate surface area is 144 Å². The molecule has 0 radical (unpaired) electrons. The lowest BCUT2D eigenvalue weighted by Crippen LogP contribution is -2.06. The summed E-state index contributed by atoms with van der Waals surface area (Å²) in [5, 5.41) is 3.76. The van der Waals surface area contributed by atoms with E-state index < -0.39 is 5.97 Å². The number of ether oxygens (including phenoxy) is 1. The monoisotopic (exact) mass is 340 g/mol. The summed E-state index contributed by atoms with van der Waals surface area (Å²) in [7, 11) is 1.29. The van der Waals surface area contributed by atoms with E-state index in [0.717, 1.165) is 5.56 Å². The molecule has 0 bridgehead atoms. The van der Waals surface area contributed by atoms with E-state index in [-0.39, 0.29) is 24.0 Å². The number of nitrogens with zero attached hydrogens (tertiary/aromatic N) is 2. The van der Waals surface area contributed by atoms with Crippen LogP contribution in [0.3, 0.4) is 0 Å². The summed E-state index contributed by atoms with van der Waals surface area (Å²) < 4.78 is 24.3. The molecule has 0 spiro atoms. The van der Waals surface area contributed by atoms with Crippen LogP contribution in [0.2, 0.25) is 0 Å². The predicted octanol–water partition coefficient (Wildman–Crippen LogP) is 3.74. The van der Waals surface area contributed by atoms with Crippen LogP contribution in [0.4, 0.5) is 4.39 Å². The molecule has 1 atom stereocenters. The molecule has 0 aliphatic rings. The van der Waals surface area contributed by atoms with E-state index in [9.17, 15) is 9.18 Å². The maximum atomic E-state index is 14.5. The maximum Gasteiger partial charge on any atom is 0.313 e. The molecule has 0 fully saturated rings.